The molecule has 4 rings (SSSR count). The summed E-state index contributed by atoms with van der Waals surface area (Å²) in [6, 6.07) is 8.91. The molecule has 0 spiro atoms. The molecule has 0 aliphatic heterocycles. The molecule has 1 saturated carbocycles. The quantitative estimate of drug-likeness (QED) is 0.0952. The zero-order valence-corrected chi connectivity index (χ0v) is 23.2. The molecule has 1 heterocycles. The van der Waals surface area contributed by atoms with E-state index >= 15 is 0 Å². The van der Waals surface area contributed by atoms with E-state index in [2.05, 4.69) is 16.9 Å². The van der Waals surface area contributed by atoms with Gasteiger partial charge in [0.05, 0.1) is 31.2 Å². The second-order valence-corrected chi connectivity index (χ2v) is 10.3. The number of rotatable bonds is 17. The van der Waals surface area contributed by atoms with Crippen LogP contribution in [0.2, 0.25) is 0 Å². The predicted octanol–water partition coefficient (Wildman–Crippen LogP) is 8.34. The standard InChI is InChI=1S/C32H38F2N2O4/c1-2-3-4-5-6-8-19-38-26-21-35-31(36-22-26)24-13-15-25(16-14-24)40-32(37)27-17-18-28(30(34)29(27)33)39-20-9-7-10-23-11-12-23/h13-18,21-23H,2-12,19-20H2,1H3. The smallest absolute Gasteiger partial charge is 0.346 e. The molecule has 1 fully saturated rings. The Labute approximate surface area is 235 Å². The van der Waals surface area contributed by atoms with Crippen LogP contribution in [0.15, 0.2) is 48.8 Å². The number of aromatic nitrogens is 2. The molecule has 0 unspecified atom stereocenters. The van der Waals surface area contributed by atoms with Gasteiger partial charge in [-0.3, -0.25) is 0 Å². The topological polar surface area (TPSA) is 70.5 Å². The Kier molecular flexibility index (Phi) is 11.3. The van der Waals surface area contributed by atoms with E-state index in [1.165, 1.54) is 50.7 Å². The van der Waals surface area contributed by atoms with Crippen LogP contribution in [-0.4, -0.2) is 29.2 Å². The number of carbonyl (C=O) groups excluding carboxylic acids is 1. The van der Waals surface area contributed by atoms with Crippen LogP contribution in [0.5, 0.6) is 17.2 Å². The SMILES string of the molecule is CCCCCCCCOc1cnc(-c2ccc(OC(=O)c3ccc(OCCCCC4CC4)c(F)c3F)cc2)nc1. The Hall–Kier alpha value is -3.55. The second kappa shape index (κ2) is 15.3. The van der Waals surface area contributed by atoms with Gasteiger partial charge in [-0.15, -0.1) is 0 Å². The van der Waals surface area contributed by atoms with E-state index in [1.807, 2.05) is 0 Å². The minimum Gasteiger partial charge on any atom is -0.490 e. The van der Waals surface area contributed by atoms with Crippen molar-refractivity contribution < 1.29 is 27.8 Å². The Morgan fingerprint density at radius 3 is 2.20 bits per heavy atom. The van der Waals surface area contributed by atoms with Crippen molar-refractivity contribution in [3.63, 3.8) is 0 Å². The fraction of sp³-hybridized carbons (Fsp3) is 0.469. The Morgan fingerprint density at radius 1 is 0.800 bits per heavy atom. The molecule has 1 aromatic heterocycles. The number of nitrogens with zero attached hydrogens (tertiary/aromatic N) is 2. The van der Waals surface area contributed by atoms with E-state index in [-0.39, 0.29) is 11.5 Å². The van der Waals surface area contributed by atoms with Crippen LogP contribution in [0, 0.1) is 17.6 Å². The van der Waals surface area contributed by atoms with Gasteiger partial charge in [0.15, 0.2) is 23.1 Å². The highest BCUT2D eigenvalue weighted by atomic mass is 19.2. The Bertz CT molecular complexity index is 1210. The van der Waals surface area contributed by atoms with E-state index in [4.69, 9.17) is 14.2 Å². The molecule has 0 radical (unpaired) electrons. The first-order valence-corrected chi connectivity index (χ1v) is 14.4. The third kappa shape index (κ3) is 9.00. The number of carbonyl (C=O) groups is 1. The van der Waals surface area contributed by atoms with Gasteiger partial charge in [-0.25, -0.2) is 19.2 Å². The number of halogens is 2. The fourth-order valence-electron chi connectivity index (χ4n) is 4.37. The highest BCUT2D eigenvalue weighted by Crippen LogP contribution is 2.34. The van der Waals surface area contributed by atoms with E-state index < -0.39 is 23.2 Å². The third-order valence-electron chi connectivity index (χ3n) is 6.95. The van der Waals surface area contributed by atoms with Gasteiger partial charge >= 0.3 is 5.97 Å². The molecule has 1 aliphatic carbocycles. The first-order chi connectivity index (χ1) is 19.5. The summed E-state index contributed by atoms with van der Waals surface area (Å²) >= 11 is 0. The molecule has 1 aliphatic rings. The molecule has 0 N–H and O–H groups in total. The van der Waals surface area contributed by atoms with Gasteiger partial charge < -0.3 is 14.2 Å². The molecular weight excluding hydrogens is 514 g/mol. The van der Waals surface area contributed by atoms with Gasteiger partial charge in [-0.1, -0.05) is 58.3 Å². The van der Waals surface area contributed by atoms with E-state index in [0.717, 1.165) is 38.0 Å². The Balaban J connectivity index is 1.24. The zero-order chi connectivity index (χ0) is 28.2. The maximum absolute atomic E-state index is 14.6. The van der Waals surface area contributed by atoms with Crippen LogP contribution in [0.1, 0.15) is 87.9 Å². The van der Waals surface area contributed by atoms with Crippen molar-refractivity contribution in [2.75, 3.05) is 13.2 Å². The Morgan fingerprint density at radius 2 is 1.48 bits per heavy atom. The van der Waals surface area contributed by atoms with Crippen molar-refractivity contribution in [3.8, 4) is 28.6 Å². The first-order valence-electron chi connectivity index (χ1n) is 14.4. The van der Waals surface area contributed by atoms with Crippen LogP contribution in [0.3, 0.4) is 0 Å². The van der Waals surface area contributed by atoms with E-state index in [1.54, 1.807) is 36.7 Å². The molecule has 8 heteroatoms. The molecule has 2 aromatic carbocycles. The van der Waals surface area contributed by atoms with Gasteiger partial charge in [-0.2, -0.15) is 4.39 Å². The highest BCUT2D eigenvalue weighted by molar-refractivity contribution is 5.91. The lowest BCUT2D eigenvalue weighted by Crippen LogP contribution is -2.12. The lowest BCUT2D eigenvalue weighted by Gasteiger charge is -2.10. The summed E-state index contributed by atoms with van der Waals surface area (Å²) in [4.78, 5) is 21.2. The molecule has 0 amide bonds. The largest absolute Gasteiger partial charge is 0.490 e. The lowest BCUT2D eigenvalue weighted by molar-refractivity contribution is 0.0728. The van der Waals surface area contributed by atoms with Gasteiger partial charge in [0.1, 0.15) is 5.75 Å². The number of hydrogen-bond acceptors (Lipinski definition) is 6. The number of unbranched alkanes of at least 4 members (excludes halogenated alkanes) is 6. The molecular formula is C32H38F2N2O4. The lowest BCUT2D eigenvalue weighted by atomic mass is 10.1. The summed E-state index contributed by atoms with van der Waals surface area (Å²) in [6.45, 7) is 3.14. The number of benzene rings is 2. The van der Waals surface area contributed by atoms with Crippen molar-refractivity contribution in [2.24, 2.45) is 5.92 Å². The van der Waals surface area contributed by atoms with Crippen molar-refractivity contribution >= 4 is 5.97 Å². The molecule has 214 valence electrons. The highest BCUT2D eigenvalue weighted by Gasteiger charge is 2.22. The minimum atomic E-state index is -1.29. The fourth-order valence-corrected chi connectivity index (χ4v) is 4.37. The van der Waals surface area contributed by atoms with Crippen LogP contribution < -0.4 is 14.2 Å². The van der Waals surface area contributed by atoms with Crippen molar-refractivity contribution in [1.29, 1.82) is 0 Å². The van der Waals surface area contributed by atoms with Crippen molar-refractivity contribution in [3.05, 3.63) is 66.0 Å². The molecule has 6 nitrogen and oxygen atoms in total. The van der Waals surface area contributed by atoms with E-state index in [9.17, 15) is 13.6 Å². The van der Waals surface area contributed by atoms with Crippen LogP contribution >= 0.6 is 0 Å². The molecule has 0 atom stereocenters. The number of esters is 1. The molecule has 0 bridgehead atoms. The summed E-state index contributed by atoms with van der Waals surface area (Å²) in [5, 5.41) is 0. The monoisotopic (exact) mass is 552 g/mol. The number of hydrogen-bond donors (Lipinski definition) is 0. The summed E-state index contributed by atoms with van der Waals surface area (Å²) in [5.74, 6) is -1.57. The van der Waals surface area contributed by atoms with E-state index in [0.29, 0.717) is 30.4 Å². The second-order valence-electron chi connectivity index (χ2n) is 10.3. The van der Waals surface area contributed by atoms with Gasteiger partial charge in [0, 0.05) is 5.56 Å². The zero-order valence-electron chi connectivity index (χ0n) is 23.2. The van der Waals surface area contributed by atoms with Crippen molar-refractivity contribution in [1.82, 2.24) is 9.97 Å². The van der Waals surface area contributed by atoms with Gasteiger partial charge in [-0.05, 0) is 61.6 Å². The number of ether oxygens (including phenoxy) is 3. The molecule has 40 heavy (non-hydrogen) atoms. The maximum Gasteiger partial charge on any atom is 0.346 e. The van der Waals surface area contributed by atoms with Gasteiger partial charge in [0.25, 0.3) is 0 Å². The summed E-state index contributed by atoms with van der Waals surface area (Å²) in [5.41, 5.74) is 0.209. The van der Waals surface area contributed by atoms with Crippen LogP contribution in [0.4, 0.5) is 8.78 Å². The molecule has 0 saturated heterocycles. The third-order valence-corrected chi connectivity index (χ3v) is 6.95. The average Bonchev–Trinajstić information content (AvgIpc) is 3.80. The summed E-state index contributed by atoms with van der Waals surface area (Å²) in [7, 11) is 0. The van der Waals surface area contributed by atoms with Crippen LogP contribution in [0.25, 0.3) is 11.4 Å². The maximum atomic E-state index is 14.6. The molecule has 3 aromatic rings. The minimum absolute atomic E-state index is 0.184. The normalized spacial score (nSPS) is 12.8. The summed E-state index contributed by atoms with van der Waals surface area (Å²) < 4.78 is 45.5. The van der Waals surface area contributed by atoms with Crippen LogP contribution in [-0.2, 0) is 0 Å². The first kappa shape index (κ1) is 29.4. The summed E-state index contributed by atoms with van der Waals surface area (Å²) in [6.07, 6.45) is 15.9. The van der Waals surface area contributed by atoms with Gasteiger partial charge in [0.2, 0.25) is 5.82 Å². The van der Waals surface area contributed by atoms with Crippen molar-refractivity contribution in [2.45, 2.75) is 77.6 Å². The average molecular weight is 553 g/mol. The predicted molar refractivity (Wildman–Crippen MR) is 150 cm³/mol.